The summed E-state index contributed by atoms with van der Waals surface area (Å²) in [5, 5.41) is 14.7. The first-order chi connectivity index (χ1) is 9.10. The van der Waals surface area contributed by atoms with E-state index in [9.17, 15) is 9.18 Å². The minimum absolute atomic E-state index is 0.0100. The number of nitrogens with zero attached hydrogens (tertiary/aromatic N) is 2. The fourth-order valence-corrected chi connectivity index (χ4v) is 1.49. The molecule has 0 saturated carbocycles. The van der Waals surface area contributed by atoms with Crippen LogP contribution < -0.4 is 5.32 Å². The van der Waals surface area contributed by atoms with Crippen LogP contribution in [0.3, 0.4) is 0 Å². The zero-order chi connectivity index (χ0) is 13.8. The van der Waals surface area contributed by atoms with Crippen LogP contribution in [-0.4, -0.2) is 11.1 Å². The molecule has 0 aliphatic rings. The van der Waals surface area contributed by atoms with Crippen molar-refractivity contribution in [2.75, 3.05) is 0 Å². The summed E-state index contributed by atoms with van der Waals surface area (Å²) in [6.07, 6.45) is 0. The molecule has 0 bridgehead atoms. The highest BCUT2D eigenvalue weighted by atomic mass is 19.1. The van der Waals surface area contributed by atoms with E-state index in [4.69, 9.17) is 9.78 Å². The normalized spacial score (nSPS) is 9.95. The van der Waals surface area contributed by atoms with Gasteiger partial charge in [-0.25, -0.2) is 4.39 Å². The molecule has 0 aliphatic heterocycles. The van der Waals surface area contributed by atoms with Crippen molar-refractivity contribution in [2.45, 2.75) is 13.5 Å². The second-order valence-corrected chi connectivity index (χ2v) is 3.93. The lowest BCUT2D eigenvalue weighted by Gasteiger charge is -2.04. The summed E-state index contributed by atoms with van der Waals surface area (Å²) in [5.41, 5.74) is 1.12. The molecular formula is C13H10FN3O2. The molecule has 2 rings (SSSR count). The second-order valence-electron chi connectivity index (χ2n) is 3.93. The van der Waals surface area contributed by atoms with E-state index in [2.05, 4.69) is 10.5 Å². The van der Waals surface area contributed by atoms with E-state index in [-0.39, 0.29) is 17.9 Å². The average Bonchev–Trinajstić information content (AvgIpc) is 2.83. The second kappa shape index (κ2) is 5.31. The summed E-state index contributed by atoms with van der Waals surface area (Å²) < 4.78 is 18.3. The van der Waals surface area contributed by atoms with Gasteiger partial charge in [0.25, 0.3) is 5.91 Å². The number of hydrogen-bond acceptors (Lipinski definition) is 4. The predicted octanol–water partition coefficient (Wildman–Crippen LogP) is 1.92. The Kier molecular flexibility index (Phi) is 3.57. The lowest BCUT2D eigenvalue weighted by atomic mass is 10.1. The third-order valence-corrected chi connectivity index (χ3v) is 2.47. The summed E-state index contributed by atoms with van der Waals surface area (Å²) in [4.78, 5) is 11.6. The molecule has 0 fully saturated rings. The highest BCUT2D eigenvalue weighted by molar-refractivity contribution is 5.91. The fraction of sp³-hybridized carbons (Fsp3) is 0.154. The molecule has 1 heterocycles. The lowest BCUT2D eigenvalue weighted by molar-refractivity contribution is 0.0913. The molecule has 96 valence electrons. The molecule has 1 amide bonds. The van der Waals surface area contributed by atoms with Crippen LogP contribution in [0.15, 0.2) is 28.8 Å². The molecule has 0 saturated heterocycles. The monoisotopic (exact) mass is 259 g/mol. The number of benzene rings is 1. The van der Waals surface area contributed by atoms with Crippen molar-refractivity contribution in [3.05, 3.63) is 52.7 Å². The van der Waals surface area contributed by atoms with E-state index in [1.165, 1.54) is 18.2 Å². The minimum Gasteiger partial charge on any atom is -0.351 e. The molecule has 6 heteroatoms. The maximum absolute atomic E-state index is 13.6. The number of carbonyl (C=O) groups is 1. The van der Waals surface area contributed by atoms with Gasteiger partial charge in [-0.2, -0.15) is 5.26 Å². The Morgan fingerprint density at radius 2 is 2.32 bits per heavy atom. The van der Waals surface area contributed by atoms with Gasteiger partial charge in [-0.05, 0) is 19.1 Å². The maximum atomic E-state index is 13.6. The van der Waals surface area contributed by atoms with Crippen molar-refractivity contribution in [1.29, 1.82) is 5.26 Å². The fourth-order valence-electron chi connectivity index (χ4n) is 1.49. The summed E-state index contributed by atoms with van der Waals surface area (Å²) >= 11 is 0. The van der Waals surface area contributed by atoms with Crippen molar-refractivity contribution in [3.8, 4) is 6.07 Å². The minimum atomic E-state index is -0.534. The quantitative estimate of drug-likeness (QED) is 0.913. The number of amides is 1. The predicted molar refractivity (Wildman–Crippen MR) is 63.5 cm³/mol. The van der Waals surface area contributed by atoms with E-state index in [0.717, 1.165) is 6.07 Å². The Bertz CT molecular complexity index is 658. The van der Waals surface area contributed by atoms with E-state index >= 15 is 0 Å². The largest absolute Gasteiger partial charge is 0.351 e. The van der Waals surface area contributed by atoms with Gasteiger partial charge in [-0.3, -0.25) is 4.79 Å². The van der Waals surface area contributed by atoms with E-state index in [1.54, 1.807) is 6.92 Å². The van der Waals surface area contributed by atoms with Gasteiger partial charge in [-0.1, -0.05) is 11.2 Å². The van der Waals surface area contributed by atoms with Crippen molar-refractivity contribution >= 4 is 5.91 Å². The van der Waals surface area contributed by atoms with E-state index in [1.807, 2.05) is 6.07 Å². The highest BCUT2D eigenvalue weighted by Gasteiger charge is 2.12. The Balaban J connectivity index is 2.03. The molecule has 0 radical (unpaired) electrons. The molecule has 1 N–H and O–H groups in total. The number of hydrogen-bond donors (Lipinski definition) is 1. The molecule has 0 spiro atoms. The van der Waals surface area contributed by atoms with E-state index in [0.29, 0.717) is 11.3 Å². The molecule has 0 atom stereocenters. The highest BCUT2D eigenvalue weighted by Crippen LogP contribution is 2.10. The molecule has 5 nitrogen and oxygen atoms in total. The van der Waals surface area contributed by atoms with Gasteiger partial charge in [0, 0.05) is 18.2 Å². The number of aromatic nitrogens is 1. The van der Waals surface area contributed by atoms with Gasteiger partial charge in [0.05, 0.1) is 17.3 Å². The van der Waals surface area contributed by atoms with Gasteiger partial charge >= 0.3 is 0 Å². The lowest BCUT2D eigenvalue weighted by Crippen LogP contribution is -2.22. The Morgan fingerprint density at radius 1 is 1.53 bits per heavy atom. The van der Waals surface area contributed by atoms with Gasteiger partial charge in [0.15, 0.2) is 0 Å². The summed E-state index contributed by atoms with van der Waals surface area (Å²) in [5.74, 6) is -0.927. The maximum Gasteiger partial charge on any atom is 0.290 e. The van der Waals surface area contributed by atoms with Gasteiger partial charge in [-0.15, -0.1) is 0 Å². The Morgan fingerprint density at radius 3 is 2.89 bits per heavy atom. The molecule has 0 unspecified atom stereocenters. The Hall–Kier alpha value is -2.68. The van der Waals surface area contributed by atoms with Crippen LogP contribution in [-0.2, 0) is 6.54 Å². The van der Waals surface area contributed by atoms with Crippen LogP contribution in [0.4, 0.5) is 4.39 Å². The van der Waals surface area contributed by atoms with Crippen LogP contribution in [0.25, 0.3) is 0 Å². The third kappa shape index (κ3) is 2.96. The molecule has 19 heavy (non-hydrogen) atoms. The van der Waals surface area contributed by atoms with Crippen molar-refractivity contribution in [1.82, 2.24) is 10.5 Å². The van der Waals surface area contributed by atoms with Gasteiger partial charge < -0.3 is 9.84 Å². The zero-order valence-corrected chi connectivity index (χ0v) is 10.1. The summed E-state index contributed by atoms with van der Waals surface area (Å²) in [6.45, 7) is 1.71. The number of nitrogens with one attached hydrogen (secondary N) is 1. The smallest absolute Gasteiger partial charge is 0.290 e. The van der Waals surface area contributed by atoms with Crippen LogP contribution in [0.1, 0.15) is 27.4 Å². The summed E-state index contributed by atoms with van der Waals surface area (Å²) in [6, 6.07) is 7.40. The topological polar surface area (TPSA) is 78.9 Å². The van der Waals surface area contributed by atoms with E-state index < -0.39 is 11.7 Å². The van der Waals surface area contributed by atoms with Gasteiger partial charge in [0.1, 0.15) is 5.82 Å². The standard InChI is InChI=1S/C13H10FN3O2/c1-8-4-12(19-17-8)13(18)16-7-10-3-2-9(6-15)5-11(10)14/h2-5H,7H2,1H3,(H,16,18). The summed E-state index contributed by atoms with van der Waals surface area (Å²) in [7, 11) is 0. The first-order valence-corrected chi connectivity index (χ1v) is 5.50. The Labute approximate surface area is 108 Å². The van der Waals surface area contributed by atoms with Crippen LogP contribution >= 0.6 is 0 Å². The molecule has 0 aliphatic carbocycles. The molecular weight excluding hydrogens is 249 g/mol. The molecule has 1 aromatic carbocycles. The number of rotatable bonds is 3. The SMILES string of the molecule is Cc1cc(C(=O)NCc2ccc(C#N)cc2F)on1. The third-order valence-electron chi connectivity index (χ3n) is 2.47. The van der Waals surface area contributed by atoms with Crippen LogP contribution in [0.5, 0.6) is 0 Å². The average molecular weight is 259 g/mol. The van der Waals surface area contributed by atoms with Crippen molar-refractivity contribution < 1.29 is 13.7 Å². The van der Waals surface area contributed by atoms with Gasteiger partial charge in [0.2, 0.25) is 5.76 Å². The van der Waals surface area contributed by atoms with Crippen LogP contribution in [0, 0.1) is 24.1 Å². The number of nitriles is 1. The first-order valence-electron chi connectivity index (χ1n) is 5.50. The number of carbonyl (C=O) groups excluding carboxylic acids is 1. The number of aryl methyl sites for hydroxylation is 1. The molecule has 2 aromatic rings. The number of halogens is 1. The van der Waals surface area contributed by atoms with Crippen molar-refractivity contribution in [3.63, 3.8) is 0 Å². The zero-order valence-electron chi connectivity index (χ0n) is 10.1. The van der Waals surface area contributed by atoms with Crippen molar-refractivity contribution in [2.24, 2.45) is 0 Å². The molecule has 1 aromatic heterocycles. The van der Waals surface area contributed by atoms with Crippen LogP contribution in [0.2, 0.25) is 0 Å². The first kappa shape index (κ1) is 12.8.